The van der Waals surface area contributed by atoms with E-state index in [9.17, 15) is 14.0 Å². The molecule has 0 aliphatic rings. The molecule has 2 aromatic rings. The smallest absolute Gasteiger partial charge is 0.234 e. The van der Waals surface area contributed by atoms with Crippen molar-refractivity contribution in [3.8, 4) is 0 Å². The van der Waals surface area contributed by atoms with E-state index < -0.39 is 0 Å². The molecule has 0 bridgehead atoms. The van der Waals surface area contributed by atoms with Crippen molar-refractivity contribution in [2.24, 2.45) is 0 Å². The summed E-state index contributed by atoms with van der Waals surface area (Å²) in [7, 11) is 0. The Hall–Kier alpha value is -2.28. The van der Waals surface area contributed by atoms with Gasteiger partial charge in [0.25, 0.3) is 0 Å². The van der Waals surface area contributed by atoms with Crippen molar-refractivity contribution in [2.45, 2.75) is 26.8 Å². The zero-order valence-corrected chi connectivity index (χ0v) is 15.2. The molecule has 134 valence electrons. The van der Waals surface area contributed by atoms with E-state index in [1.165, 1.54) is 36.0 Å². The van der Waals surface area contributed by atoms with Gasteiger partial charge in [-0.2, -0.15) is 0 Å². The minimum absolute atomic E-state index is 0.142. The molecule has 0 aliphatic heterocycles. The molecular weight excluding hydrogens is 343 g/mol. The van der Waals surface area contributed by atoms with E-state index in [2.05, 4.69) is 10.6 Å². The normalized spacial score (nSPS) is 11.8. The lowest BCUT2D eigenvalue weighted by molar-refractivity contribution is -0.119. The molecule has 0 aliphatic carbocycles. The lowest BCUT2D eigenvalue weighted by Crippen LogP contribution is -2.29. The number of carbonyl (C=O) groups excluding carboxylic acids is 2. The van der Waals surface area contributed by atoms with Gasteiger partial charge in [0.2, 0.25) is 11.8 Å². The lowest BCUT2D eigenvalue weighted by Gasteiger charge is -2.13. The van der Waals surface area contributed by atoms with Crippen LogP contribution in [0.1, 0.15) is 30.0 Å². The number of halogens is 1. The summed E-state index contributed by atoms with van der Waals surface area (Å²) in [6, 6.07) is 7.28. The summed E-state index contributed by atoms with van der Waals surface area (Å²) >= 11 is 1.22. The van der Waals surface area contributed by atoms with Gasteiger partial charge in [-0.05, 0) is 51.1 Å². The van der Waals surface area contributed by atoms with Crippen LogP contribution >= 0.6 is 11.8 Å². The van der Waals surface area contributed by atoms with E-state index in [-0.39, 0.29) is 35.2 Å². The molecule has 1 aromatic heterocycles. The van der Waals surface area contributed by atoms with Gasteiger partial charge in [-0.15, -0.1) is 11.8 Å². The van der Waals surface area contributed by atoms with E-state index in [1.807, 2.05) is 26.8 Å². The third kappa shape index (κ3) is 5.94. The van der Waals surface area contributed by atoms with Crippen molar-refractivity contribution >= 4 is 29.3 Å². The predicted octanol–water partition coefficient (Wildman–Crippen LogP) is 3.58. The first-order valence-corrected chi connectivity index (χ1v) is 9.00. The van der Waals surface area contributed by atoms with E-state index >= 15 is 0 Å². The van der Waals surface area contributed by atoms with Crippen LogP contribution < -0.4 is 10.6 Å². The Morgan fingerprint density at radius 1 is 1.16 bits per heavy atom. The van der Waals surface area contributed by atoms with Gasteiger partial charge < -0.3 is 15.1 Å². The maximum absolute atomic E-state index is 12.8. The molecule has 1 unspecified atom stereocenters. The third-order valence-electron chi connectivity index (χ3n) is 3.52. The van der Waals surface area contributed by atoms with Crippen LogP contribution in [0.25, 0.3) is 0 Å². The van der Waals surface area contributed by atoms with Crippen molar-refractivity contribution in [1.29, 1.82) is 0 Å². The fraction of sp³-hybridized carbons (Fsp3) is 0.333. The molecule has 7 heteroatoms. The minimum Gasteiger partial charge on any atom is -0.466 e. The first-order chi connectivity index (χ1) is 11.8. The van der Waals surface area contributed by atoms with Gasteiger partial charge in [0.15, 0.2) is 0 Å². The maximum atomic E-state index is 12.8. The average molecular weight is 364 g/mol. The van der Waals surface area contributed by atoms with Crippen molar-refractivity contribution in [1.82, 2.24) is 5.32 Å². The predicted molar refractivity (Wildman–Crippen MR) is 97.1 cm³/mol. The molecule has 1 aromatic carbocycles. The zero-order valence-electron chi connectivity index (χ0n) is 14.4. The van der Waals surface area contributed by atoms with E-state index in [1.54, 1.807) is 0 Å². The maximum Gasteiger partial charge on any atom is 0.234 e. The standard InChI is InChI=1S/C18H21FN2O3S/c1-11-8-16(13(3)24-11)12(2)20-17(22)9-25-10-18(23)21-15-6-4-14(19)5-7-15/h4-8,12H,9-10H2,1-3H3,(H,20,22)(H,21,23). The molecule has 2 N–H and O–H groups in total. The quantitative estimate of drug-likeness (QED) is 0.788. The topological polar surface area (TPSA) is 71.3 Å². The van der Waals surface area contributed by atoms with Gasteiger partial charge in [0.05, 0.1) is 17.5 Å². The third-order valence-corrected chi connectivity index (χ3v) is 4.45. The Morgan fingerprint density at radius 2 is 1.80 bits per heavy atom. The van der Waals surface area contributed by atoms with Crippen molar-refractivity contribution in [3.63, 3.8) is 0 Å². The number of rotatable bonds is 7. The summed E-state index contributed by atoms with van der Waals surface area (Å²) in [5, 5.41) is 5.54. The number of aryl methyl sites for hydroxylation is 2. The van der Waals surface area contributed by atoms with Gasteiger partial charge in [0, 0.05) is 11.3 Å². The lowest BCUT2D eigenvalue weighted by atomic mass is 10.1. The van der Waals surface area contributed by atoms with Crippen LogP contribution in [0.15, 0.2) is 34.7 Å². The van der Waals surface area contributed by atoms with Crippen molar-refractivity contribution < 1.29 is 18.4 Å². The van der Waals surface area contributed by atoms with Crippen LogP contribution in [-0.2, 0) is 9.59 Å². The summed E-state index contributed by atoms with van der Waals surface area (Å²) in [5.74, 6) is 1.17. The first-order valence-electron chi connectivity index (χ1n) is 7.84. The minimum atomic E-state index is -0.360. The summed E-state index contributed by atoms with van der Waals surface area (Å²) < 4.78 is 18.3. The van der Waals surface area contributed by atoms with Gasteiger partial charge >= 0.3 is 0 Å². The van der Waals surface area contributed by atoms with Gasteiger partial charge in [-0.1, -0.05) is 0 Å². The number of hydrogen-bond acceptors (Lipinski definition) is 4. The SMILES string of the molecule is Cc1cc(C(C)NC(=O)CSCC(=O)Nc2ccc(F)cc2)c(C)o1. The fourth-order valence-corrected chi connectivity index (χ4v) is 3.04. The number of amides is 2. The number of thioether (sulfide) groups is 1. The molecule has 2 rings (SSSR count). The zero-order chi connectivity index (χ0) is 18.4. The van der Waals surface area contributed by atoms with Crippen LogP contribution in [0.2, 0.25) is 0 Å². The molecular formula is C18H21FN2O3S. The molecule has 0 fully saturated rings. The Balaban J connectivity index is 1.72. The number of nitrogens with one attached hydrogen (secondary N) is 2. The molecule has 25 heavy (non-hydrogen) atoms. The molecule has 1 atom stereocenters. The molecule has 0 saturated heterocycles. The average Bonchev–Trinajstić information content (AvgIpc) is 2.88. The van der Waals surface area contributed by atoms with Crippen LogP contribution in [0.4, 0.5) is 10.1 Å². The second kappa shape index (κ2) is 8.71. The van der Waals surface area contributed by atoms with Gasteiger partial charge in [0.1, 0.15) is 17.3 Å². The largest absolute Gasteiger partial charge is 0.466 e. The van der Waals surface area contributed by atoms with E-state index in [0.29, 0.717) is 5.69 Å². The number of carbonyl (C=O) groups is 2. The van der Waals surface area contributed by atoms with E-state index in [0.717, 1.165) is 17.1 Å². The molecule has 2 amide bonds. The molecule has 0 spiro atoms. The summed E-state index contributed by atoms with van der Waals surface area (Å²) in [6.07, 6.45) is 0. The summed E-state index contributed by atoms with van der Waals surface area (Å²) in [4.78, 5) is 23.8. The van der Waals surface area contributed by atoms with Crippen LogP contribution in [-0.4, -0.2) is 23.3 Å². The number of hydrogen-bond donors (Lipinski definition) is 2. The monoisotopic (exact) mass is 364 g/mol. The second-order valence-electron chi connectivity index (χ2n) is 5.71. The second-order valence-corrected chi connectivity index (χ2v) is 6.69. The molecule has 0 saturated carbocycles. The van der Waals surface area contributed by atoms with Crippen LogP contribution in [0.5, 0.6) is 0 Å². The fourth-order valence-electron chi connectivity index (χ4n) is 2.41. The molecule has 0 radical (unpaired) electrons. The Kier molecular flexibility index (Phi) is 6.64. The van der Waals surface area contributed by atoms with Crippen LogP contribution in [0, 0.1) is 19.7 Å². The number of furan rings is 1. The molecule has 5 nitrogen and oxygen atoms in total. The van der Waals surface area contributed by atoms with Gasteiger partial charge in [-0.3, -0.25) is 9.59 Å². The van der Waals surface area contributed by atoms with Crippen LogP contribution in [0.3, 0.4) is 0 Å². The van der Waals surface area contributed by atoms with Gasteiger partial charge in [-0.25, -0.2) is 4.39 Å². The highest BCUT2D eigenvalue weighted by molar-refractivity contribution is 8.00. The summed E-state index contributed by atoms with van der Waals surface area (Å²) in [6.45, 7) is 5.61. The van der Waals surface area contributed by atoms with E-state index in [4.69, 9.17) is 4.42 Å². The number of anilines is 1. The Morgan fingerprint density at radius 3 is 2.40 bits per heavy atom. The Labute approximate surface area is 150 Å². The first kappa shape index (κ1) is 19.1. The highest BCUT2D eigenvalue weighted by atomic mass is 32.2. The molecule has 1 heterocycles. The summed E-state index contributed by atoms with van der Waals surface area (Å²) in [5.41, 5.74) is 1.47. The highest BCUT2D eigenvalue weighted by Gasteiger charge is 2.15. The highest BCUT2D eigenvalue weighted by Crippen LogP contribution is 2.21. The van der Waals surface area contributed by atoms with Crippen molar-refractivity contribution in [3.05, 3.63) is 53.2 Å². The Bertz CT molecular complexity index is 743. The number of benzene rings is 1. The van der Waals surface area contributed by atoms with Crippen molar-refractivity contribution in [2.75, 3.05) is 16.8 Å².